The number of nitrogens with zero attached hydrogens (tertiary/aromatic N) is 1. The maximum absolute atomic E-state index is 5.64. The first-order valence-corrected chi connectivity index (χ1v) is 9.44. The third-order valence-electron chi connectivity index (χ3n) is 6.00. The minimum absolute atomic E-state index is 0.399. The van der Waals surface area contributed by atoms with Gasteiger partial charge in [-0.25, -0.2) is 4.98 Å². The Morgan fingerprint density at radius 2 is 1.91 bits per heavy atom. The Morgan fingerprint density at radius 3 is 2.55 bits per heavy atom. The lowest BCUT2D eigenvalue weighted by molar-refractivity contribution is -0.0207. The molecule has 4 fully saturated rings. The van der Waals surface area contributed by atoms with E-state index in [2.05, 4.69) is 27.1 Å². The molecule has 0 unspecified atom stereocenters. The first-order chi connectivity index (χ1) is 10.8. The third kappa shape index (κ3) is 2.24. The van der Waals surface area contributed by atoms with Crippen molar-refractivity contribution in [1.29, 1.82) is 0 Å². The van der Waals surface area contributed by atoms with E-state index in [0.717, 1.165) is 41.4 Å². The minimum atomic E-state index is 0.399. The molecule has 22 heavy (non-hydrogen) atoms. The topological polar surface area (TPSA) is 38.1 Å². The highest BCUT2D eigenvalue weighted by atomic mass is 32.1. The van der Waals surface area contributed by atoms with Crippen LogP contribution in [0.2, 0.25) is 0 Å². The standard InChI is InChI=1S/C18H22N2OS/c1-2-22-11-15(1)17-20-16(10-21-17)9-19-18-6-12-3-13(7-18)5-14(4-12)8-18/h1-2,10-14,19H,3-9H2. The summed E-state index contributed by atoms with van der Waals surface area (Å²) in [6.07, 6.45) is 10.4. The minimum Gasteiger partial charge on any atom is -0.444 e. The van der Waals surface area contributed by atoms with Gasteiger partial charge in [0, 0.05) is 23.0 Å². The molecule has 6 rings (SSSR count). The zero-order valence-corrected chi connectivity index (χ0v) is 13.6. The normalized spacial score (nSPS) is 36.1. The molecule has 4 aliphatic rings. The SMILES string of the molecule is c1cc(-c2nc(CNC34CC5CC(CC(C5)C3)C4)co2)cs1. The quantitative estimate of drug-likeness (QED) is 0.905. The largest absolute Gasteiger partial charge is 0.444 e. The smallest absolute Gasteiger partial charge is 0.227 e. The van der Waals surface area contributed by atoms with Gasteiger partial charge in [-0.2, -0.15) is 11.3 Å². The van der Waals surface area contributed by atoms with Crippen LogP contribution in [0.4, 0.5) is 0 Å². The number of rotatable bonds is 4. The Balaban J connectivity index is 1.29. The molecule has 1 N–H and O–H groups in total. The van der Waals surface area contributed by atoms with Crippen molar-refractivity contribution in [3.63, 3.8) is 0 Å². The molecule has 4 bridgehead atoms. The summed E-state index contributed by atoms with van der Waals surface area (Å²) in [6.45, 7) is 0.847. The van der Waals surface area contributed by atoms with Gasteiger partial charge in [-0.3, -0.25) is 0 Å². The molecule has 116 valence electrons. The van der Waals surface area contributed by atoms with E-state index < -0.39 is 0 Å². The van der Waals surface area contributed by atoms with Gasteiger partial charge in [-0.05, 0) is 67.7 Å². The van der Waals surface area contributed by atoms with Gasteiger partial charge < -0.3 is 9.73 Å². The number of thiophene rings is 1. The van der Waals surface area contributed by atoms with Crippen LogP contribution in [-0.4, -0.2) is 10.5 Å². The predicted molar refractivity (Wildman–Crippen MR) is 87.6 cm³/mol. The summed E-state index contributed by atoms with van der Waals surface area (Å²) in [5.74, 6) is 3.70. The van der Waals surface area contributed by atoms with Crippen LogP contribution >= 0.6 is 11.3 Å². The Morgan fingerprint density at radius 1 is 1.18 bits per heavy atom. The second-order valence-corrected chi connectivity index (χ2v) is 8.49. The monoisotopic (exact) mass is 314 g/mol. The molecule has 2 heterocycles. The number of hydrogen-bond donors (Lipinski definition) is 1. The molecule has 2 aromatic heterocycles. The summed E-state index contributed by atoms with van der Waals surface area (Å²) < 4.78 is 5.64. The second kappa shape index (κ2) is 4.93. The Kier molecular flexibility index (Phi) is 2.99. The van der Waals surface area contributed by atoms with Crippen LogP contribution in [0.1, 0.15) is 44.2 Å². The van der Waals surface area contributed by atoms with E-state index in [1.54, 1.807) is 11.3 Å². The van der Waals surface area contributed by atoms with Crippen molar-refractivity contribution >= 4 is 11.3 Å². The molecule has 0 radical (unpaired) electrons. The van der Waals surface area contributed by atoms with Crippen molar-refractivity contribution in [2.75, 3.05) is 0 Å². The molecule has 0 atom stereocenters. The first-order valence-electron chi connectivity index (χ1n) is 8.50. The fraction of sp³-hybridized carbons (Fsp3) is 0.611. The van der Waals surface area contributed by atoms with Crippen LogP contribution < -0.4 is 5.32 Å². The Bertz CT molecular complexity index is 625. The molecule has 3 nitrogen and oxygen atoms in total. The lowest BCUT2D eigenvalue weighted by atomic mass is 9.53. The maximum atomic E-state index is 5.64. The third-order valence-corrected chi connectivity index (χ3v) is 6.69. The first kappa shape index (κ1) is 13.3. The van der Waals surface area contributed by atoms with E-state index in [9.17, 15) is 0 Å². The van der Waals surface area contributed by atoms with Crippen LogP contribution in [0.25, 0.3) is 11.5 Å². The highest BCUT2D eigenvalue weighted by Crippen LogP contribution is 2.55. The van der Waals surface area contributed by atoms with E-state index in [0.29, 0.717) is 5.54 Å². The van der Waals surface area contributed by atoms with Gasteiger partial charge >= 0.3 is 0 Å². The number of hydrogen-bond acceptors (Lipinski definition) is 4. The Hall–Kier alpha value is -1.13. The number of oxazole rings is 1. The molecule has 0 aromatic carbocycles. The summed E-state index contributed by atoms with van der Waals surface area (Å²) in [5, 5.41) is 8.03. The molecule has 4 aliphatic carbocycles. The summed E-state index contributed by atoms with van der Waals surface area (Å²) in [6, 6.07) is 2.06. The van der Waals surface area contributed by atoms with Gasteiger partial charge in [0.1, 0.15) is 6.26 Å². The van der Waals surface area contributed by atoms with Gasteiger partial charge in [0.15, 0.2) is 0 Å². The fourth-order valence-corrected chi connectivity index (χ4v) is 6.14. The van der Waals surface area contributed by atoms with Crippen LogP contribution in [-0.2, 0) is 6.54 Å². The van der Waals surface area contributed by atoms with E-state index in [1.165, 1.54) is 38.5 Å². The average molecular weight is 314 g/mol. The van der Waals surface area contributed by atoms with Crippen molar-refractivity contribution in [3.05, 3.63) is 28.8 Å². The zero-order chi connectivity index (χ0) is 14.6. The molecule has 4 saturated carbocycles. The van der Waals surface area contributed by atoms with Crippen molar-refractivity contribution in [3.8, 4) is 11.5 Å². The van der Waals surface area contributed by atoms with E-state index >= 15 is 0 Å². The maximum Gasteiger partial charge on any atom is 0.227 e. The molecule has 0 saturated heterocycles. The number of nitrogens with one attached hydrogen (secondary N) is 1. The number of aromatic nitrogens is 1. The van der Waals surface area contributed by atoms with Crippen LogP contribution in [0.15, 0.2) is 27.5 Å². The van der Waals surface area contributed by atoms with Crippen molar-refractivity contribution < 1.29 is 4.42 Å². The lowest BCUT2D eigenvalue weighted by Crippen LogP contribution is -2.58. The van der Waals surface area contributed by atoms with Crippen molar-refractivity contribution in [1.82, 2.24) is 10.3 Å². The van der Waals surface area contributed by atoms with Crippen LogP contribution in [0.3, 0.4) is 0 Å². The molecular weight excluding hydrogens is 292 g/mol. The van der Waals surface area contributed by atoms with Crippen LogP contribution in [0, 0.1) is 17.8 Å². The lowest BCUT2D eigenvalue weighted by Gasteiger charge is -2.57. The van der Waals surface area contributed by atoms with Gasteiger partial charge in [0.25, 0.3) is 0 Å². The van der Waals surface area contributed by atoms with Gasteiger partial charge in [0.05, 0.1) is 5.69 Å². The zero-order valence-electron chi connectivity index (χ0n) is 12.8. The average Bonchev–Trinajstić information content (AvgIpc) is 3.15. The molecule has 2 aromatic rings. The molecular formula is C18H22N2OS. The molecule has 0 spiro atoms. The van der Waals surface area contributed by atoms with E-state index in [4.69, 9.17) is 4.42 Å². The van der Waals surface area contributed by atoms with Crippen molar-refractivity contribution in [2.24, 2.45) is 17.8 Å². The van der Waals surface area contributed by atoms with Crippen LogP contribution in [0.5, 0.6) is 0 Å². The summed E-state index contributed by atoms with van der Waals surface area (Å²) >= 11 is 1.68. The second-order valence-electron chi connectivity index (χ2n) is 7.71. The van der Waals surface area contributed by atoms with Gasteiger partial charge in [0.2, 0.25) is 5.89 Å². The predicted octanol–water partition coefficient (Wildman–Crippen LogP) is 4.46. The van der Waals surface area contributed by atoms with E-state index in [1.807, 2.05) is 6.26 Å². The van der Waals surface area contributed by atoms with Crippen molar-refractivity contribution in [2.45, 2.75) is 50.6 Å². The highest BCUT2D eigenvalue weighted by molar-refractivity contribution is 7.08. The summed E-state index contributed by atoms with van der Waals surface area (Å²) in [4.78, 5) is 4.65. The van der Waals surface area contributed by atoms with E-state index in [-0.39, 0.29) is 0 Å². The fourth-order valence-electron chi connectivity index (χ4n) is 5.51. The molecule has 4 heteroatoms. The summed E-state index contributed by atoms with van der Waals surface area (Å²) in [7, 11) is 0. The highest BCUT2D eigenvalue weighted by Gasteiger charge is 2.50. The Labute approximate surface area is 135 Å². The molecule has 0 aliphatic heterocycles. The summed E-state index contributed by atoms with van der Waals surface area (Å²) in [5.41, 5.74) is 2.53. The van der Waals surface area contributed by atoms with Gasteiger partial charge in [-0.15, -0.1) is 0 Å². The van der Waals surface area contributed by atoms with Gasteiger partial charge in [-0.1, -0.05) is 0 Å². The molecule has 0 amide bonds.